The zero-order valence-corrected chi connectivity index (χ0v) is 14.2. The van der Waals surface area contributed by atoms with Gasteiger partial charge in [-0.3, -0.25) is 0 Å². The number of ether oxygens (including phenoxy) is 1. The van der Waals surface area contributed by atoms with Crippen LogP contribution in [-0.2, 0) is 17.9 Å². The molecule has 3 rings (SSSR count). The van der Waals surface area contributed by atoms with Gasteiger partial charge in [0, 0.05) is 5.39 Å². The molecule has 128 valence electrons. The van der Waals surface area contributed by atoms with Gasteiger partial charge in [0.15, 0.2) is 5.82 Å². The molecule has 0 saturated carbocycles. The maximum Gasteiger partial charge on any atom is 0.152 e. The van der Waals surface area contributed by atoms with Gasteiger partial charge in [-0.25, -0.2) is 9.97 Å². The Morgan fingerprint density at radius 1 is 1.38 bits per heavy atom. The van der Waals surface area contributed by atoms with Crippen molar-refractivity contribution in [3.05, 3.63) is 30.0 Å². The highest BCUT2D eigenvalue weighted by Gasteiger charge is 2.22. The zero-order valence-electron chi connectivity index (χ0n) is 19.2. The summed E-state index contributed by atoms with van der Waals surface area (Å²) in [6, 6.07) is -1.35. The van der Waals surface area contributed by atoms with Gasteiger partial charge in [-0.1, -0.05) is 18.1 Å². The van der Waals surface area contributed by atoms with Gasteiger partial charge in [-0.2, -0.15) is 0 Å². The van der Waals surface area contributed by atoms with Crippen LogP contribution in [0.5, 0.6) is 0 Å². The van der Waals surface area contributed by atoms with E-state index >= 15 is 0 Å². The average Bonchev–Trinajstić information content (AvgIpc) is 2.93. The molecular formula is C18H24N4O2. The Labute approximate surface area is 148 Å². The normalized spacial score (nSPS) is 16.0. The highest BCUT2D eigenvalue weighted by Crippen LogP contribution is 2.30. The average molecular weight is 333 g/mol. The van der Waals surface area contributed by atoms with E-state index in [2.05, 4.69) is 9.97 Å². The van der Waals surface area contributed by atoms with Crippen molar-refractivity contribution in [2.75, 3.05) is 5.73 Å². The molecule has 0 aliphatic rings. The summed E-state index contributed by atoms with van der Waals surface area (Å²) in [5.74, 6) is 0.384. The number of hydrogen-bond donors (Lipinski definition) is 2. The summed E-state index contributed by atoms with van der Waals surface area (Å²) >= 11 is 0. The number of nitrogens with two attached hydrogens (primary N) is 1. The summed E-state index contributed by atoms with van der Waals surface area (Å²) in [5, 5.41) is 10.6. The quantitative estimate of drug-likeness (QED) is 0.750. The summed E-state index contributed by atoms with van der Waals surface area (Å²) in [7, 11) is 0. The molecule has 3 aromatic rings. The van der Waals surface area contributed by atoms with E-state index < -0.39 is 23.8 Å². The second-order valence-electron chi connectivity index (χ2n) is 6.54. The smallest absolute Gasteiger partial charge is 0.152 e. The Balaban J connectivity index is 2.44. The molecule has 0 radical (unpaired) electrons. The molecule has 3 N–H and O–H groups in total. The molecule has 2 aromatic heterocycles. The van der Waals surface area contributed by atoms with E-state index in [1.165, 1.54) is 0 Å². The van der Waals surface area contributed by atoms with Crippen LogP contribution in [0.2, 0.25) is 0 Å². The van der Waals surface area contributed by atoms with Crippen molar-refractivity contribution >= 4 is 27.8 Å². The van der Waals surface area contributed by atoms with Gasteiger partial charge >= 0.3 is 0 Å². The Morgan fingerprint density at radius 2 is 2.08 bits per heavy atom. The van der Waals surface area contributed by atoms with Gasteiger partial charge in [0.25, 0.3) is 0 Å². The van der Waals surface area contributed by atoms with E-state index in [-0.39, 0.29) is 47.5 Å². The first-order valence-corrected chi connectivity index (χ1v) is 7.62. The number of nitrogens with zero attached hydrogens (tertiary/aromatic N) is 3. The van der Waals surface area contributed by atoms with Crippen molar-refractivity contribution in [2.45, 2.75) is 52.5 Å². The van der Waals surface area contributed by atoms with Gasteiger partial charge < -0.3 is 20.1 Å². The van der Waals surface area contributed by atoms with Crippen molar-refractivity contribution in [3.8, 4) is 0 Å². The van der Waals surface area contributed by atoms with Crippen LogP contribution in [0, 0.1) is 0 Å². The molecule has 6 heteroatoms. The number of nitrogen functional groups attached to an aromatic ring is 1. The number of fused-ring (bicyclic) bond motifs is 3. The lowest BCUT2D eigenvalue weighted by atomic mass is 10.1. The van der Waals surface area contributed by atoms with Crippen molar-refractivity contribution in [2.24, 2.45) is 0 Å². The van der Waals surface area contributed by atoms with Crippen LogP contribution in [0.3, 0.4) is 0 Å². The molecule has 0 bridgehead atoms. The molecule has 1 aromatic carbocycles. The first-order valence-electron chi connectivity index (χ1n) is 10.1. The number of rotatable bonds is 5. The zero-order chi connectivity index (χ0) is 21.9. The third-order valence-corrected chi connectivity index (χ3v) is 3.46. The summed E-state index contributed by atoms with van der Waals surface area (Å²) in [4.78, 5) is 8.65. The number of benzene rings is 1. The van der Waals surface area contributed by atoms with Crippen molar-refractivity contribution in [1.29, 1.82) is 0 Å². The van der Waals surface area contributed by atoms with E-state index in [9.17, 15) is 5.11 Å². The number of aromatic nitrogens is 3. The minimum Gasteiger partial charge on any atom is -0.389 e. The molecule has 0 unspecified atom stereocenters. The second kappa shape index (κ2) is 6.03. The summed E-state index contributed by atoms with van der Waals surface area (Å²) in [6.07, 6.45) is -1.17. The topological polar surface area (TPSA) is 86.2 Å². The minimum absolute atomic E-state index is 0.0124. The lowest BCUT2D eigenvalue weighted by Gasteiger charge is -2.21. The Kier molecular flexibility index (Phi) is 2.86. The van der Waals surface area contributed by atoms with Crippen LogP contribution < -0.4 is 5.73 Å². The fourth-order valence-corrected chi connectivity index (χ4v) is 2.54. The molecule has 24 heavy (non-hydrogen) atoms. The van der Waals surface area contributed by atoms with E-state index in [0.717, 1.165) is 0 Å². The van der Waals surface area contributed by atoms with E-state index in [1.54, 1.807) is 32.3 Å². The number of hydrogen-bond acceptors (Lipinski definition) is 5. The van der Waals surface area contributed by atoms with Gasteiger partial charge in [0.1, 0.15) is 17.9 Å². The first kappa shape index (κ1) is 11.4. The molecule has 0 fully saturated rings. The number of anilines is 1. The van der Waals surface area contributed by atoms with Crippen LogP contribution >= 0.6 is 0 Å². The van der Waals surface area contributed by atoms with Crippen molar-refractivity contribution in [3.63, 3.8) is 0 Å². The van der Waals surface area contributed by atoms with Gasteiger partial charge in [-0.05, 0) is 33.7 Å². The number of imidazole rings is 1. The Bertz CT molecular complexity index is 1120. The molecule has 0 aliphatic carbocycles. The summed E-state index contributed by atoms with van der Waals surface area (Å²) < 4.78 is 47.6. The van der Waals surface area contributed by atoms with Crippen molar-refractivity contribution in [1.82, 2.24) is 14.5 Å². The number of para-hydroxylation sites is 1. The fraction of sp³-hybridized carbons (Fsp3) is 0.444. The highest BCUT2D eigenvalue weighted by molar-refractivity contribution is 6.06. The van der Waals surface area contributed by atoms with E-state index in [1.807, 2.05) is 0 Å². The molecule has 0 amide bonds. The Hall–Kier alpha value is -2.18. The standard InChI is InChI=1S/C18H24N4O2/c1-11(2)24-9-14-21-15-16(22(14)10-18(3,4)23)12-7-5-6-8-13(12)20-17(15)19/h5-8,11,23H,9-10H2,1-4H3,(H2,19,20)/i5D,6D,7D,8D,11D. The molecular weight excluding hydrogens is 304 g/mol. The van der Waals surface area contributed by atoms with Crippen LogP contribution in [0.1, 0.15) is 40.4 Å². The fourth-order valence-electron chi connectivity index (χ4n) is 2.54. The molecule has 6 nitrogen and oxygen atoms in total. The van der Waals surface area contributed by atoms with E-state index in [0.29, 0.717) is 11.3 Å². The highest BCUT2D eigenvalue weighted by atomic mass is 16.5. The SMILES string of the molecule is [2H]c1c([2H])c([2H])c2c(nc(N)c3nc(COC([2H])(C)C)n(CC(C)(C)O)c32)c1[2H]. The first-order chi connectivity index (χ1) is 13.2. The third-order valence-electron chi connectivity index (χ3n) is 3.46. The maximum atomic E-state index is 10.4. The molecule has 0 spiro atoms. The summed E-state index contributed by atoms with van der Waals surface area (Å²) in [5.41, 5.74) is 5.56. The Morgan fingerprint density at radius 3 is 2.75 bits per heavy atom. The van der Waals surface area contributed by atoms with Crippen LogP contribution in [0.25, 0.3) is 21.9 Å². The number of pyridine rings is 1. The largest absolute Gasteiger partial charge is 0.389 e. The van der Waals surface area contributed by atoms with Gasteiger partial charge in [0.2, 0.25) is 0 Å². The van der Waals surface area contributed by atoms with Gasteiger partial charge in [-0.15, -0.1) is 0 Å². The predicted molar refractivity (Wildman–Crippen MR) is 95.7 cm³/mol. The lowest BCUT2D eigenvalue weighted by Crippen LogP contribution is -2.27. The second-order valence-corrected chi connectivity index (χ2v) is 6.54. The minimum atomic E-state index is -1.17. The predicted octanol–water partition coefficient (Wildman–Crippen LogP) is 2.86. The monoisotopic (exact) mass is 333 g/mol. The van der Waals surface area contributed by atoms with Gasteiger partial charge in [0.05, 0.1) is 36.1 Å². The maximum absolute atomic E-state index is 10.4. The molecule has 0 atom stereocenters. The molecule has 0 aliphatic heterocycles. The van der Waals surface area contributed by atoms with Crippen LogP contribution in [0.15, 0.2) is 24.2 Å². The van der Waals surface area contributed by atoms with Crippen LogP contribution in [-0.4, -0.2) is 31.3 Å². The van der Waals surface area contributed by atoms with Crippen LogP contribution in [0.4, 0.5) is 5.82 Å². The molecule has 2 heterocycles. The molecule has 0 saturated heterocycles. The third kappa shape index (κ3) is 3.20. The van der Waals surface area contributed by atoms with Crippen molar-refractivity contribution < 1.29 is 16.7 Å². The van der Waals surface area contributed by atoms with E-state index in [4.69, 9.17) is 17.3 Å². The number of aliphatic hydroxyl groups is 1. The summed E-state index contributed by atoms with van der Waals surface area (Å²) in [6.45, 7) is 6.41. The lowest BCUT2D eigenvalue weighted by molar-refractivity contribution is 0.0460.